The largest absolute Gasteiger partial charge is 0.497 e. The highest BCUT2D eigenvalue weighted by Gasteiger charge is 2.34. The highest BCUT2D eigenvalue weighted by atomic mass is 16.5. The van der Waals surface area contributed by atoms with Gasteiger partial charge in [0.25, 0.3) is 0 Å². The minimum absolute atomic E-state index is 0.442. The van der Waals surface area contributed by atoms with E-state index in [0.29, 0.717) is 24.5 Å². The number of rotatable bonds is 6. The molecule has 0 amide bonds. The molecule has 0 aromatic heterocycles. The van der Waals surface area contributed by atoms with Gasteiger partial charge in [0, 0.05) is 25.2 Å². The fraction of sp³-hybridized carbons (Fsp3) is 0.667. The van der Waals surface area contributed by atoms with Crippen LogP contribution in [-0.4, -0.2) is 50.6 Å². The highest BCUT2D eigenvalue weighted by molar-refractivity contribution is 5.29. The zero-order valence-electron chi connectivity index (χ0n) is 13.8. The van der Waals surface area contributed by atoms with E-state index in [9.17, 15) is 5.11 Å². The van der Waals surface area contributed by atoms with Crippen molar-refractivity contribution in [1.82, 2.24) is 10.6 Å². The van der Waals surface area contributed by atoms with Gasteiger partial charge in [0.05, 0.1) is 26.4 Å². The Balaban J connectivity index is 1.53. The van der Waals surface area contributed by atoms with E-state index in [1.807, 2.05) is 24.3 Å². The fourth-order valence-electron chi connectivity index (χ4n) is 3.81. The third kappa shape index (κ3) is 4.23. The Kier molecular flexibility index (Phi) is 5.89. The molecule has 0 bridgehead atoms. The van der Waals surface area contributed by atoms with Crippen molar-refractivity contribution < 1.29 is 14.6 Å². The average molecular weight is 320 g/mol. The van der Waals surface area contributed by atoms with E-state index in [-0.39, 0.29) is 0 Å². The SMILES string of the molecule is COc1cccc(C(O)CNC2CCCC2C2COCCN2)c1. The summed E-state index contributed by atoms with van der Waals surface area (Å²) in [5.74, 6) is 1.37. The van der Waals surface area contributed by atoms with Crippen molar-refractivity contribution in [2.24, 2.45) is 5.92 Å². The summed E-state index contributed by atoms with van der Waals surface area (Å²) in [6.45, 7) is 3.14. The van der Waals surface area contributed by atoms with Crippen LogP contribution in [0.5, 0.6) is 5.75 Å². The maximum atomic E-state index is 10.4. The average Bonchev–Trinajstić information content (AvgIpc) is 3.09. The van der Waals surface area contributed by atoms with Crippen LogP contribution in [0.15, 0.2) is 24.3 Å². The Labute approximate surface area is 138 Å². The first-order valence-electron chi connectivity index (χ1n) is 8.64. The zero-order chi connectivity index (χ0) is 16.1. The molecule has 2 aliphatic rings. The lowest BCUT2D eigenvalue weighted by Crippen LogP contribution is -2.51. The Bertz CT molecular complexity index is 491. The van der Waals surface area contributed by atoms with E-state index in [1.54, 1.807) is 7.11 Å². The van der Waals surface area contributed by atoms with Crippen molar-refractivity contribution in [3.63, 3.8) is 0 Å². The molecule has 1 aliphatic carbocycles. The maximum Gasteiger partial charge on any atom is 0.119 e. The molecule has 4 atom stereocenters. The molecule has 1 aliphatic heterocycles. The van der Waals surface area contributed by atoms with Crippen LogP contribution in [0.25, 0.3) is 0 Å². The number of hydrogen-bond acceptors (Lipinski definition) is 5. The molecule has 3 N–H and O–H groups in total. The van der Waals surface area contributed by atoms with Crippen molar-refractivity contribution in [2.75, 3.05) is 33.4 Å². The molecule has 0 spiro atoms. The monoisotopic (exact) mass is 320 g/mol. The molecule has 5 nitrogen and oxygen atoms in total. The lowest BCUT2D eigenvalue weighted by atomic mass is 9.93. The second-order valence-corrected chi connectivity index (χ2v) is 6.54. The minimum atomic E-state index is -0.512. The molecular formula is C18H28N2O3. The van der Waals surface area contributed by atoms with Gasteiger partial charge in [-0.1, -0.05) is 18.6 Å². The number of morpholine rings is 1. The van der Waals surface area contributed by atoms with Crippen LogP contribution in [0.1, 0.15) is 30.9 Å². The normalized spacial score (nSPS) is 29.4. The maximum absolute atomic E-state index is 10.4. The van der Waals surface area contributed by atoms with Crippen molar-refractivity contribution in [3.05, 3.63) is 29.8 Å². The first kappa shape index (κ1) is 16.7. The number of methoxy groups -OCH3 is 1. The molecule has 1 aromatic rings. The predicted octanol–water partition coefficient (Wildman–Crippen LogP) is 1.48. The number of ether oxygens (including phenoxy) is 2. The van der Waals surface area contributed by atoms with Crippen molar-refractivity contribution in [1.29, 1.82) is 0 Å². The van der Waals surface area contributed by atoms with Crippen LogP contribution in [0.3, 0.4) is 0 Å². The summed E-state index contributed by atoms with van der Waals surface area (Å²) in [5.41, 5.74) is 0.894. The number of aliphatic hydroxyl groups excluding tert-OH is 1. The molecule has 1 aromatic carbocycles. The Hall–Kier alpha value is -1.14. The van der Waals surface area contributed by atoms with Crippen molar-refractivity contribution in [3.8, 4) is 5.75 Å². The Morgan fingerprint density at radius 3 is 3.13 bits per heavy atom. The van der Waals surface area contributed by atoms with Crippen LogP contribution in [0, 0.1) is 5.92 Å². The summed E-state index contributed by atoms with van der Waals surface area (Å²) in [7, 11) is 1.64. The van der Waals surface area contributed by atoms with Gasteiger partial charge >= 0.3 is 0 Å². The molecule has 0 radical (unpaired) electrons. The van der Waals surface area contributed by atoms with Crippen LogP contribution < -0.4 is 15.4 Å². The van der Waals surface area contributed by atoms with Crippen LogP contribution >= 0.6 is 0 Å². The van der Waals surface area contributed by atoms with Gasteiger partial charge in [-0.2, -0.15) is 0 Å². The van der Waals surface area contributed by atoms with Gasteiger partial charge in [-0.05, 0) is 36.5 Å². The fourth-order valence-corrected chi connectivity index (χ4v) is 3.81. The zero-order valence-corrected chi connectivity index (χ0v) is 13.8. The molecular weight excluding hydrogens is 292 g/mol. The molecule has 128 valence electrons. The molecule has 3 rings (SSSR count). The standard InChI is InChI=1S/C18H28N2O3/c1-22-14-5-2-4-13(10-14)18(21)11-20-16-7-3-6-15(16)17-12-23-9-8-19-17/h2,4-5,10,15-21H,3,6-9,11-12H2,1H3. The quantitative estimate of drug-likeness (QED) is 0.741. The number of aliphatic hydroxyl groups is 1. The predicted molar refractivity (Wildman–Crippen MR) is 89.7 cm³/mol. The number of benzene rings is 1. The molecule has 1 heterocycles. The van der Waals surface area contributed by atoms with E-state index < -0.39 is 6.10 Å². The Morgan fingerprint density at radius 1 is 1.43 bits per heavy atom. The van der Waals surface area contributed by atoms with Crippen molar-refractivity contribution >= 4 is 0 Å². The lowest BCUT2D eigenvalue weighted by Gasteiger charge is -2.33. The van der Waals surface area contributed by atoms with Crippen molar-refractivity contribution in [2.45, 2.75) is 37.5 Å². The molecule has 2 fully saturated rings. The molecule has 1 saturated carbocycles. The molecule has 5 heteroatoms. The topological polar surface area (TPSA) is 62.8 Å². The van der Waals surface area contributed by atoms with Gasteiger partial charge in [-0.3, -0.25) is 0 Å². The van der Waals surface area contributed by atoms with E-state index in [1.165, 1.54) is 19.3 Å². The van der Waals surface area contributed by atoms with E-state index in [2.05, 4.69) is 10.6 Å². The van der Waals surface area contributed by atoms with Gasteiger partial charge < -0.3 is 25.2 Å². The van der Waals surface area contributed by atoms with Crippen LogP contribution in [0.4, 0.5) is 0 Å². The number of hydrogen-bond donors (Lipinski definition) is 3. The number of nitrogens with one attached hydrogen (secondary N) is 2. The summed E-state index contributed by atoms with van der Waals surface area (Å²) < 4.78 is 10.8. The second kappa shape index (κ2) is 8.11. The smallest absolute Gasteiger partial charge is 0.119 e. The van der Waals surface area contributed by atoms with E-state index in [0.717, 1.165) is 31.1 Å². The van der Waals surface area contributed by atoms with Gasteiger partial charge in [0.1, 0.15) is 5.75 Å². The first-order valence-corrected chi connectivity index (χ1v) is 8.64. The molecule has 23 heavy (non-hydrogen) atoms. The first-order chi connectivity index (χ1) is 11.3. The van der Waals surface area contributed by atoms with E-state index >= 15 is 0 Å². The highest BCUT2D eigenvalue weighted by Crippen LogP contribution is 2.30. The van der Waals surface area contributed by atoms with Gasteiger partial charge in [-0.15, -0.1) is 0 Å². The lowest BCUT2D eigenvalue weighted by molar-refractivity contribution is 0.0513. The van der Waals surface area contributed by atoms with Gasteiger partial charge in [0.15, 0.2) is 0 Å². The van der Waals surface area contributed by atoms with E-state index in [4.69, 9.17) is 9.47 Å². The minimum Gasteiger partial charge on any atom is -0.497 e. The molecule has 4 unspecified atom stereocenters. The summed E-state index contributed by atoms with van der Waals surface area (Å²) in [5, 5.41) is 17.6. The summed E-state index contributed by atoms with van der Waals surface area (Å²) >= 11 is 0. The second-order valence-electron chi connectivity index (χ2n) is 6.54. The summed E-state index contributed by atoms with van der Waals surface area (Å²) in [4.78, 5) is 0. The summed E-state index contributed by atoms with van der Waals surface area (Å²) in [6.07, 6.45) is 3.14. The van der Waals surface area contributed by atoms with Gasteiger partial charge in [-0.25, -0.2) is 0 Å². The van der Waals surface area contributed by atoms with Gasteiger partial charge in [0.2, 0.25) is 0 Å². The summed E-state index contributed by atoms with van der Waals surface area (Å²) in [6, 6.07) is 8.55. The Morgan fingerprint density at radius 2 is 2.35 bits per heavy atom. The molecule has 1 saturated heterocycles. The third-order valence-corrected chi connectivity index (χ3v) is 5.09. The van der Waals surface area contributed by atoms with Crippen LogP contribution in [-0.2, 0) is 4.74 Å². The van der Waals surface area contributed by atoms with Crippen LogP contribution in [0.2, 0.25) is 0 Å². The third-order valence-electron chi connectivity index (χ3n) is 5.09.